The van der Waals surface area contributed by atoms with E-state index in [0.717, 1.165) is 11.6 Å². The molecule has 0 radical (unpaired) electrons. The predicted octanol–water partition coefficient (Wildman–Crippen LogP) is 4.48. The van der Waals surface area contributed by atoms with Crippen LogP contribution in [0.5, 0.6) is 0 Å². The first kappa shape index (κ1) is 25.1. The van der Waals surface area contributed by atoms with Crippen molar-refractivity contribution in [3.63, 3.8) is 0 Å². The van der Waals surface area contributed by atoms with Crippen LogP contribution in [0.3, 0.4) is 0 Å². The van der Waals surface area contributed by atoms with Gasteiger partial charge < -0.3 is 23.4 Å². The molecule has 3 heterocycles. The van der Waals surface area contributed by atoms with Gasteiger partial charge in [0, 0.05) is 31.9 Å². The summed E-state index contributed by atoms with van der Waals surface area (Å²) in [5.41, 5.74) is -0.874. The predicted molar refractivity (Wildman–Crippen MR) is 137 cm³/mol. The second kappa shape index (κ2) is 9.49. The lowest BCUT2D eigenvalue weighted by molar-refractivity contribution is 0.0694. The Kier molecular flexibility index (Phi) is 6.10. The Morgan fingerprint density at radius 2 is 1.87 bits per heavy atom. The van der Waals surface area contributed by atoms with Crippen LogP contribution in [0.4, 0.5) is 14.5 Å². The van der Waals surface area contributed by atoms with Crippen molar-refractivity contribution in [2.24, 2.45) is 0 Å². The van der Waals surface area contributed by atoms with Gasteiger partial charge in [-0.05, 0) is 31.4 Å². The van der Waals surface area contributed by atoms with Crippen molar-refractivity contribution in [3.05, 3.63) is 98.2 Å². The molecule has 0 amide bonds. The van der Waals surface area contributed by atoms with Crippen molar-refractivity contribution in [1.82, 2.24) is 9.47 Å². The molecule has 2 aromatic carbocycles. The number of carboxylic acid groups (broad SMARTS) is 1. The number of fused-ring (bicyclic) bond motifs is 1. The van der Waals surface area contributed by atoms with Crippen LogP contribution in [0, 0.1) is 11.6 Å². The molecule has 0 spiro atoms. The fourth-order valence-electron chi connectivity index (χ4n) is 5.55. The van der Waals surface area contributed by atoms with Gasteiger partial charge in [0.25, 0.3) is 0 Å². The summed E-state index contributed by atoms with van der Waals surface area (Å²) in [5.74, 6) is -3.72. The van der Waals surface area contributed by atoms with Gasteiger partial charge in [-0.1, -0.05) is 30.3 Å². The molecule has 4 aromatic rings. The highest BCUT2D eigenvalue weighted by Crippen LogP contribution is 2.41. The van der Waals surface area contributed by atoms with Gasteiger partial charge >= 0.3 is 11.8 Å². The van der Waals surface area contributed by atoms with Crippen molar-refractivity contribution < 1.29 is 27.5 Å². The molecule has 2 atom stereocenters. The average Bonchev–Trinajstić information content (AvgIpc) is 3.68. The topological polar surface area (TPSA) is 109 Å². The van der Waals surface area contributed by atoms with E-state index in [2.05, 4.69) is 4.90 Å². The number of nitrogens with zero attached hydrogens (tertiary/aromatic N) is 3. The SMILES string of the molecule is C[C@@H](c1coc(=O)o1)N1CCN(c2c(F)cc3c(=O)c(C(=O)O)cn(C4CC4)c3c2F)CC1c1ccccc1. The van der Waals surface area contributed by atoms with Crippen LogP contribution in [0.15, 0.2) is 67.3 Å². The molecule has 202 valence electrons. The van der Waals surface area contributed by atoms with E-state index in [9.17, 15) is 19.5 Å². The number of aromatic nitrogens is 1. The number of hydrogen-bond donors (Lipinski definition) is 1. The Morgan fingerprint density at radius 3 is 2.51 bits per heavy atom. The van der Waals surface area contributed by atoms with Crippen LogP contribution in [0.2, 0.25) is 0 Å². The van der Waals surface area contributed by atoms with Gasteiger partial charge in [-0.2, -0.15) is 0 Å². The van der Waals surface area contributed by atoms with Crippen LogP contribution in [0.1, 0.15) is 59.6 Å². The molecular weight excluding hydrogens is 512 g/mol. The smallest absolute Gasteiger partial charge is 0.477 e. The number of hydrogen-bond acceptors (Lipinski definition) is 7. The number of rotatable bonds is 6. The number of pyridine rings is 1. The summed E-state index contributed by atoms with van der Waals surface area (Å²) in [7, 11) is 0. The summed E-state index contributed by atoms with van der Waals surface area (Å²) in [4.78, 5) is 39.7. The molecule has 2 aromatic heterocycles. The van der Waals surface area contributed by atoms with Gasteiger partial charge in [0.15, 0.2) is 11.6 Å². The Labute approximate surface area is 220 Å². The number of anilines is 1. The maximum atomic E-state index is 16.3. The third kappa shape index (κ3) is 4.32. The first-order chi connectivity index (χ1) is 18.7. The summed E-state index contributed by atoms with van der Waals surface area (Å²) in [6.45, 7) is 2.69. The minimum Gasteiger partial charge on any atom is -0.477 e. The third-order valence-corrected chi connectivity index (χ3v) is 7.66. The van der Waals surface area contributed by atoms with Crippen LogP contribution >= 0.6 is 0 Å². The maximum absolute atomic E-state index is 16.3. The van der Waals surface area contributed by atoms with Gasteiger partial charge in [0.2, 0.25) is 5.43 Å². The molecule has 2 aliphatic rings. The van der Waals surface area contributed by atoms with Crippen molar-refractivity contribution >= 4 is 22.6 Å². The van der Waals surface area contributed by atoms with Crippen molar-refractivity contribution in [2.75, 3.05) is 24.5 Å². The summed E-state index contributed by atoms with van der Waals surface area (Å²) in [6, 6.07) is 9.58. The first-order valence-electron chi connectivity index (χ1n) is 12.7. The van der Waals surface area contributed by atoms with E-state index in [0.29, 0.717) is 25.1 Å². The highest BCUT2D eigenvalue weighted by atomic mass is 19.1. The molecule has 1 N–H and O–H groups in total. The van der Waals surface area contributed by atoms with Gasteiger partial charge in [0.1, 0.15) is 23.3 Å². The average molecular weight is 538 g/mol. The van der Waals surface area contributed by atoms with E-state index in [-0.39, 0.29) is 47.8 Å². The molecule has 2 fully saturated rings. The maximum Gasteiger partial charge on any atom is 0.518 e. The van der Waals surface area contributed by atoms with E-state index in [4.69, 9.17) is 8.83 Å². The van der Waals surface area contributed by atoms with E-state index in [1.54, 1.807) is 4.90 Å². The molecule has 1 unspecified atom stereocenters. The molecule has 11 heteroatoms. The summed E-state index contributed by atoms with van der Waals surface area (Å²) >= 11 is 0. The lowest BCUT2D eigenvalue weighted by Gasteiger charge is -2.45. The zero-order valence-corrected chi connectivity index (χ0v) is 21.0. The fourth-order valence-corrected chi connectivity index (χ4v) is 5.55. The highest BCUT2D eigenvalue weighted by Gasteiger charge is 2.37. The van der Waals surface area contributed by atoms with Gasteiger partial charge in [-0.15, -0.1) is 0 Å². The van der Waals surface area contributed by atoms with Crippen molar-refractivity contribution in [2.45, 2.75) is 37.9 Å². The normalized spacial score (nSPS) is 18.9. The molecule has 1 aliphatic carbocycles. The second-order valence-corrected chi connectivity index (χ2v) is 10.0. The van der Waals surface area contributed by atoms with E-state index >= 15 is 8.78 Å². The molecule has 1 saturated carbocycles. The first-order valence-corrected chi connectivity index (χ1v) is 12.7. The monoisotopic (exact) mass is 537 g/mol. The second-order valence-electron chi connectivity index (χ2n) is 10.0. The number of aromatic carboxylic acids is 1. The fraction of sp³-hybridized carbons (Fsp3) is 0.321. The molecular formula is C28H25F2N3O6. The van der Waals surface area contributed by atoms with Gasteiger partial charge in [-0.25, -0.2) is 18.4 Å². The van der Waals surface area contributed by atoms with E-state index in [1.807, 2.05) is 37.3 Å². The van der Waals surface area contributed by atoms with Crippen LogP contribution in [-0.2, 0) is 0 Å². The van der Waals surface area contributed by atoms with Gasteiger partial charge in [-0.3, -0.25) is 9.69 Å². The lowest BCUT2D eigenvalue weighted by atomic mass is 9.99. The van der Waals surface area contributed by atoms with E-state index < -0.39 is 34.4 Å². The van der Waals surface area contributed by atoms with E-state index in [1.165, 1.54) is 17.0 Å². The van der Waals surface area contributed by atoms with Crippen molar-refractivity contribution in [1.29, 1.82) is 0 Å². The number of piperazine rings is 1. The molecule has 0 bridgehead atoms. The Balaban J connectivity index is 1.45. The summed E-state index contributed by atoms with van der Waals surface area (Å²) in [6.07, 6.45) is 3.85. The van der Waals surface area contributed by atoms with Crippen LogP contribution in [0.25, 0.3) is 10.9 Å². The summed E-state index contributed by atoms with van der Waals surface area (Å²) < 4.78 is 43.4. The highest BCUT2D eigenvalue weighted by molar-refractivity contribution is 5.94. The Hall–Kier alpha value is -4.25. The Bertz CT molecular complexity index is 1690. The number of halogens is 2. The number of benzene rings is 2. The third-order valence-electron chi connectivity index (χ3n) is 7.66. The lowest BCUT2D eigenvalue weighted by Crippen LogP contribution is -2.49. The minimum atomic E-state index is -1.44. The standard InChI is InChI=1S/C28H25F2N3O6/c1-15(22-14-38-28(37)39-22)32-10-9-31(13-21(32)16-5-3-2-4-6-16)25-20(29)11-18-24(23(25)30)33(17-7-8-17)12-19(26(18)34)27(35)36/h2-6,11-12,14-15,17,21H,7-10,13H2,1H3,(H,35,36)/t15-,21?/m0/s1. The van der Waals surface area contributed by atoms with Crippen LogP contribution < -0.4 is 16.2 Å². The molecule has 9 nitrogen and oxygen atoms in total. The largest absolute Gasteiger partial charge is 0.518 e. The number of carboxylic acids is 1. The number of carbonyl (C=O) groups is 1. The zero-order chi connectivity index (χ0) is 27.4. The Morgan fingerprint density at radius 1 is 1.13 bits per heavy atom. The van der Waals surface area contributed by atoms with Crippen molar-refractivity contribution in [3.8, 4) is 0 Å². The zero-order valence-electron chi connectivity index (χ0n) is 21.0. The molecule has 39 heavy (non-hydrogen) atoms. The van der Waals surface area contributed by atoms with Gasteiger partial charge in [0.05, 0.1) is 23.0 Å². The molecule has 1 saturated heterocycles. The molecule has 1 aliphatic heterocycles. The minimum absolute atomic E-state index is 0.0869. The van der Waals surface area contributed by atoms with Crippen LogP contribution in [-0.4, -0.2) is 40.2 Å². The summed E-state index contributed by atoms with van der Waals surface area (Å²) in [5, 5.41) is 9.21. The quantitative estimate of drug-likeness (QED) is 0.384. The molecule has 6 rings (SSSR count).